The van der Waals surface area contributed by atoms with Gasteiger partial charge in [-0.3, -0.25) is 14.7 Å². The number of likely N-dealkylation sites (tertiary alicyclic amines) is 3. The highest BCUT2D eigenvalue weighted by Gasteiger charge is 2.50. The number of hydrogen-bond acceptors (Lipinski definition) is 3. The summed E-state index contributed by atoms with van der Waals surface area (Å²) in [6.45, 7) is 13.3. The predicted molar refractivity (Wildman–Crippen MR) is 94.6 cm³/mol. The van der Waals surface area contributed by atoms with Gasteiger partial charge in [0, 0.05) is 31.7 Å². The molecule has 0 aromatic carbocycles. The zero-order chi connectivity index (χ0) is 17.5. The molecular weight excluding hydrogens is 308 g/mol. The third kappa shape index (κ3) is 3.78. The molecule has 140 valence electrons. The van der Waals surface area contributed by atoms with E-state index >= 15 is 0 Å². The summed E-state index contributed by atoms with van der Waals surface area (Å²) in [5.74, 6) is -1.18. The second kappa shape index (κ2) is 7.16. The Morgan fingerprint density at radius 1 is 0.875 bits per heavy atom. The number of halogens is 2. The van der Waals surface area contributed by atoms with Gasteiger partial charge in [0.05, 0.1) is 12.6 Å². The zero-order valence-corrected chi connectivity index (χ0v) is 15.8. The summed E-state index contributed by atoms with van der Waals surface area (Å²) in [5.41, 5.74) is 0. The summed E-state index contributed by atoms with van der Waals surface area (Å²) >= 11 is 0. The maximum Gasteiger partial charge on any atom is 0.275 e. The van der Waals surface area contributed by atoms with Crippen LogP contribution in [-0.4, -0.2) is 78.0 Å². The maximum absolute atomic E-state index is 14.8. The van der Waals surface area contributed by atoms with E-state index in [1.165, 1.54) is 0 Å². The molecule has 0 unspecified atom stereocenters. The van der Waals surface area contributed by atoms with Crippen molar-refractivity contribution < 1.29 is 8.78 Å². The van der Waals surface area contributed by atoms with Gasteiger partial charge in [-0.15, -0.1) is 0 Å². The Labute approximate surface area is 146 Å². The Kier molecular flexibility index (Phi) is 5.53. The fourth-order valence-electron chi connectivity index (χ4n) is 4.75. The molecule has 0 saturated carbocycles. The molecule has 5 heteroatoms. The van der Waals surface area contributed by atoms with Crippen LogP contribution in [-0.2, 0) is 0 Å². The standard InChI is InChI=1S/C19H35F2N3/c1-14(2)16-5-8-22(9-6-16)18-7-10-23(13-19(18,20)21)17-11-24(12-17)15(3)4/h14-18H,5-13H2,1-4H3/t18-/m1/s1. The lowest BCUT2D eigenvalue weighted by atomic mass is 9.85. The minimum absolute atomic E-state index is 0.0433. The number of alkyl halides is 2. The SMILES string of the molecule is CC(C)C1CCN([C@@H]2CCN(C3CN(C(C)C)C3)CC2(F)F)CC1. The van der Waals surface area contributed by atoms with Gasteiger partial charge in [-0.2, -0.15) is 0 Å². The summed E-state index contributed by atoms with van der Waals surface area (Å²) in [4.78, 5) is 6.51. The summed E-state index contributed by atoms with van der Waals surface area (Å²) in [7, 11) is 0. The molecule has 3 fully saturated rings. The topological polar surface area (TPSA) is 9.72 Å². The Balaban J connectivity index is 1.52. The van der Waals surface area contributed by atoms with Gasteiger partial charge in [-0.05, 0) is 58.0 Å². The van der Waals surface area contributed by atoms with Crippen molar-refractivity contribution in [3.8, 4) is 0 Å². The summed E-state index contributed by atoms with van der Waals surface area (Å²) in [6, 6.07) is 0.329. The lowest BCUT2D eigenvalue weighted by Crippen LogP contribution is -2.67. The fraction of sp³-hybridized carbons (Fsp3) is 1.00. The van der Waals surface area contributed by atoms with Crippen molar-refractivity contribution in [2.24, 2.45) is 11.8 Å². The van der Waals surface area contributed by atoms with Gasteiger partial charge in [0.25, 0.3) is 5.92 Å². The molecule has 3 heterocycles. The Morgan fingerprint density at radius 3 is 1.96 bits per heavy atom. The molecule has 3 rings (SSSR count). The largest absolute Gasteiger partial charge is 0.298 e. The van der Waals surface area contributed by atoms with E-state index in [0.717, 1.165) is 45.6 Å². The van der Waals surface area contributed by atoms with Crippen molar-refractivity contribution in [1.82, 2.24) is 14.7 Å². The van der Waals surface area contributed by atoms with Gasteiger partial charge in [0.1, 0.15) is 0 Å². The molecule has 0 radical (unpaired) electrons. The number of nitrogens with zero attached hydrogens (tertiary/aromatic N) is 3. The van der Waals surface area contributed by atoms with E-state index in [-0.39, 0.29) is 6.54 Å². The van der Waals surface area contributed by atoms with Crippen LogP contribution in [0.15, 0.2) is 0 Å². The van der Waals surface area contributed by atoms with Crippen LogP contribution in [0.5, 0.6) is 0 Å². The maximum atomic E-state index is 14.8. The van der Waals surface area contributed by atoms with Gasteiger partial charge in [0.2, 0.25) is 0 Å². The summed E-state index contributed by atoms with van der Waals surface area (Å²) < 4.78 is 29.7. The second-order valence-electron chi connectivity index (χ2n) is 8.85. The second-order valence-corrected chi connectivity index (χ2v) is 8.85. The molecule has 3 aliphatic rings. The predicted octanol–water partition coefficient (Wildman–Crippen LogP) is 3.16. The molecule has 0 spiro atoms. The highest BCUT2D eigenvalue weighted by atomic mass is 19.3. The summed E-state index contributed by atoms with van der Waals surface area (Å²) in [5, 5.41) is 0. The van der Waals surface area contributed by atoms with Crippen LogP contribution in [0.1, 0.15) is 47.0 Å². The van der Waals surface area contributed by atoms with Gasteiger partial charge < -0.3 is 0 Å². The molecule has 0 N–H and O–H groups in total. The van der Waals surface area contributed by atoms with Gasteiger partial charge in [-0.1, -0.05) is 13.8 Å². The average Bonchev–Trinajstić information content (AvgIpc) is 2.44. The first-order valence-corrected chi connectivity index (χ1v) is 9.88. The molecule has 3 aliphatic heterocycles. The van der Waals surface area contributed by atoms with Crippen molar-refractivity contribution in [3.05, 3.63) is 0 Å². The normalized spacial score (nSPS) is 31.8. The minimum atomic E-state index is -2.57. The zero-order valence-electron chi connectivity index (χ0n) is 15.8. The van der Waals surface area contributed by atoms with Crippen molar-refractivity contribution in [2.45, 2.75) is 71.0 Å². The van der Waals surface area contributed by atoms with Crippen molar-refractivity contribution in [1.29, 1.82) is 0 Å². The van der Waals surface area contributed by atoms with E-state index in [0.29, 0.717) is 30.3 Å². The lowest BCUT2D eigenvalue weighted by Gasteiger charge is -2.52. The molecule has 24 heavy (non-hydrogen) atoms. The fourth-order valence-corrected chi connectivity index (χ4v) is 4.75. The smallest absolute Gasteiger partial charge is 0.275 e. The summed E-state index contributed by atoms with van der Waals surface area (Å²) in [6.07, 6.45) is 2.79. The van der Waals surface area contributed by atoms with Crippen LogP contribution in [0, 0.1) is 11.8 Å². The van der Waals surface area contributed by atoms with Crippen LogP contribution in [0.4, 0.5) is 8.78 Å². The van der Waals surface area contributed by atoms with E-state index in [1.807, 2.05) is 0 Å². The number of piperidine rings is 2. The molecular formula is C19H35F2N3. The molecule has 3 saturated heterocycles. The highest BCUT2D eigenvalue weighted by Crippen LogP contribution is 2.36. The van der Waals surface area contributed by atoms with Crippen LogP contribution in [0.25, 0.3) is 0 Å². The molecule has 0 aliphatic carbocycles. The van der Waals surface area contributed by atoms with Crippen LogP contribution in [0.2, 0.25) is 0 Å². The molecule has 1 atom stereocenters. The monoisotopic (exact) mass is 343 g/mol. The van der Waals surface area contributed by atoms with E-state index in [4.69, 9.17) is 0 Å². The van der Waals surface area contributed by atoms with E-state index in [2.05, 4.69) is 42.4 Å². The van der Waals surface area contributed by atoms with Crippen LogP contribution < -0.4 is 0 Å². The van der Waals surface area contributed by atoms with Gasteiger partial charge in [-0.25, -0.2) is 8.78 Å². The third-order valence-corrected chi connectivity index (χ3v) is 6.69. The molecule has 0 bridgehead atoms. The first kappa shape index (κ1) is 18.5. The van der Waals surface area contributed by atoms with Crippen molar-refractivity contribution >= 4 is 0 Å². The number of hydrogen-bond donors (Lipinski definition) is 0. The average molecular weight is 344 g/mol. The van der Waals surface area contributed by atoms with Crippen molar-refractivity contribution in [3.63, 3.8) is 0 Å². The molecule has 0 aromatic heterocycles. The van der Waals surface area contributed by atoms with Crippen LogP contribution in [0.3, 0.4) is 0 Å². The van der Waals surface area contributed by atoms with E-state index in [1.54, 1.807) is 0 Å². The quantitative estimate of drug-likeness (QED) is 0.776. The van der Waals surface area contributed by atoms with Crippen LogP contribution >= 0.6 is 0 Å². The molecule has 0 aromatic rings. The van der Waals surface area contributed by atoms with Gasteiger partial charge in [0.15, 0.2) is 0 Å². The van der Waals surface area contributed by atoms with E-state index < -0.39 is 12.0 Å². The lowest BCUT2D eigenvalue weighted by molar-refractivity contribution is -0.150. The third-order valence-electron chi connectivity index (χ3n) is 6.69. The Hall–Kier alpha value is -0.260. The Bertz CT molecular complexity index is 413. The minimum Gasteiger partial charge on any atom is -0.298 e. The first-order chi connectivity index (χ1) is 11.3. The van der Waals surface area contributed by atoms with E-state index in [9.17, 15) is 8.78 Å². The molecule has 3 nitrogen and oxygen atoms in total. The Morgan fingerprint density at radius 2 is 1.46 bits per heavy atom. The highest BCUT2D eigenvalue weighted by molar-refractivity contribution is 4.99. The first-order valence-electron chi connectivity index (χ1n) is 9.88. The molecule has 0 amide bonds. The number of rotatable bonds is 4. The van der Waals surface area contributed by atoms with Crippen molar-refractivity contribution in [2.75, 3.05) is 39.3 Å². The van der Waals surface area contributed by atoms with Gasteiger partial charge >= 0.3 is 0 Å².